The van der Waals surface area contributed by atoms with Gasteiger partial charge in [-0.25, -0.2) is 0 Å². The van der Waals surface area contributed by atoms with Gasteiger partial charge < -0.3 is 20.1 Å². The van der Waals surface area contributed by atoms with E-state index in [0.717, 1.165) is 6.42 Å². The molecule has 0 aromatic heterocycles. The maximum absolute atomic E-state index is 12.5. The average Bonchev–Trinajstić information content (AvgIpc) is 2.89. The smallest absolute Gasteiger partial charge is 0.387 e. The van der Waals surface area contributed by atoms with Crippen molar-refractivity contribution in [2.45, 2.75) is 20.0 Å². The number of nitrogens with zero attached hydrogens (tertiary/aromatic N) is 1. The number of halogens is 2. The Morgan fingerprint density at radius 3 is 2.73 bits per heavy atom. The summed E-state index contributed by atoms with van der Waals surface area (Å²) >= 11 is 0. The monoisotopic (exact) mass is 314 g/mol. The lowest BCUT2D eigenvalue weighted by Crippen LogP contribution is -2.34. The maximum Gasteiger partial charge on any atom is 0.387 e. The molecule has 122 valence electrons. The number of amides is 1. The third-order valence-electron chi connectivity index (χ3n) is 3.96. The van der Waals surface area contributed by atoms with Gasteiger partial charge in [-0.05, 0) is 36.6 Å². The number of rotatable bonds is 5. The van der Waals surface area contributed by atoms with Crippen LogP contribution in [0.2, 0.25) is 0 Å². The fourth-order valence-electron chi connectivity index (χ4n) is 2.54. The fourth-order valence-corrected chi connectivity index (χ4v) is 2.54. The van der Waals surface area contributed by atoms with E-state index in [1.165, 1.54) is 25.3 Å². The number of carbonyl (C=O) groups is 1. The van der Waals surface area contributed by atoms with Crippen LogP contribution in [0.1, 0.15) is 23.7 Å². The average molecular weight is 314 g/mol. The summed E-state index contributed by atoms with van der Waals surface area (Å²) in [6.45, 7) is 0.702. The van der Waals surface area contributed by atoms with E-state index in [1.807, 2.05) is 6.92 Å². The van der Waals surface area contributed by atoms with E-state index >= 15 is 0 Å². The summed E-state index contributed by atoms with van der Waals surface area (Å²) in [6, 6.07) is 4.27. The highest BCUT2D eigenvalue weighted by atomic mass is 19.3. The molecule has 1 amide bonds. The molecule has 22 heavy (non-hydrogen) atoms. The van der Waals surface area contributed by atoms with Crippen LogP contribution >= 0.6 is 0 Å². The maximum atomic E-state index is 12.5. The van der Waals surface area contributed by atoms with Gasteiger partial charge in [0.05, 0.1) is 7.11 Å². The second-order valence-electron chi connectivity index (χ2n) is 5.74. The first-order chi connectivity index (χ1) is 10.4. The predicted molar refractivity (Wildman–Crippen MR) is 77.3 cm³/mol. The van der Waals surface area contributed by atoms with Crippen LogP contribution in [0.5, 0.6) is 11.5 Å². The quantitative estimate of drug-likeness (QED) is 0.904. The molecular weight excluding hydrogens is 294 g/mol. The molecule has 0 aliphatic carbocycles. The van der Waals surface area contributed by atoms with Gasteiger partial charge in [0.2, 0.25) is 0 Å². The first kappa shape index (κ1) is 16.5. The van der Waals surface area contributed by atoms with Crippen molar-refractivity contribution < 1.29 is 23.0 Å². The van der Waals surface area contributed by atoms with Crippen LogP contribution in [-0.2, 0) is 0 Å². The van der Waals surface area contributed by atoms with E-state index in [1.54, 1.807) is 4.90 Å². The van der Waals surface area contributed by atoms with Gasteiger partial charge in [-0.15, -0.1) is 0 Å². The fraction of sp³-hybridized carbons (Fsp3) is 0.533. The molecule has 1 unspecified atom stereocenters. The third-order valence-corrected chi connectivity index (χ3v) is 3.96. The van der Waals surface area contributed by atoms with Gasteiger partial charge in [0.15, 0.2) is 11.5 Å². The molecule has 0 saturated carbocycles. The number of likely N-dealkylation sites (tertiary alicyclic amines) is 1. The summed E-state index contributed by atoms with van der Waals surface area (Å²) in [4.78, 5) is 14.2. The molecule has 0 bridgehead atoms. The zero-order valence-corrected chi connectivity index (χ0v) is 12.6. The van der Waals surface area contributed by atoms with Crippen LogP contribution in [0.4, 0.5) is 8.78 Å². The molecule has 2 N–H and O–H groups in total. The standard InChI is InChI=1S/C15H20F2N2O3/c1-15(8-18)5-6-19(9-15)13(20)10-3-4-11(21-2)12(7-10)22-14(16)17/h3-4,7,14H,5-6,8-9,18H2,1-2H3. The molecule has 0 radical (unpaired) electrons. The Labute approximate surface area is 128 Å². The zero-order chi connectivity index (χ0) is 16.3. The van der Waals surface area contributed by atoms with Crippen molar-refractivity contribution in [2.24, 2.45) is 11.1 Å². The molecule has 1 aromatic rings. The van der Waals surface area contributed by atoms with E-state index < -0.39 is 6.61 Å². The molecule has 5 nitrogen and oxygen atoms in total. The Morgan fingerprint density at radius 1 is 1.45 bits per heavy atom. The largest absolute Gasteiger partial charge is 0.493 e. The van der Waals surface area contributed by atoms with Gasteiger partial charge >= 0.3 is 6.61 Å². The Morgan fingerprint density at radius 2 is 2.18 bits per heavy atom. The molecular formula is C15H20F2N2O3. The highest BCUT2D eigenvalue weighted by molar-refractivity contribution is 5.95. The summed E-state index contributed by atoms with van der Waals surface area (Å²) < 4.78 is 34.2. The molecule has 1 saturated heterocycles. The van der Waals surface area contributed by atoms with E-state index in [4.69, 9.17) is 10.5 Å². The molecule has 7 heteroatoms. The number of carbonyl (C=O) groups excluding carboxylic acids is 1. The van der Waals surface area contributed by atoms with Gasteiger partial charge in [-0.2, -0.15) is 8.78 Å². The lowest BCUT2D eigenvalue weighted by Gasteiger charge is -2.22. The van der Waals surface area contributed by atoms with E-state index in [2.05, 4.69) is 4.74 Å². The molecule has 0 spiro atoms. The Hall–Kier alpha value is -1.89. The van der Waals surface area contributed by atoms with Gasteiger partial charge in [0.25, 0.3) is 5.91 Å². The Kier molecular flexibility index (Phi) is 4.85. The predicted octanol–water partition coefficient (Wildman–Crippen LogP) is 2.11. The molecule has 1 aliphatic rings. The van der Waals surface area contributed by atoms with Gasteiger partial charge in [0.1, 0.15) is 0 Å². The lowest BCUT2D eigenvalue weighted by molar-refractivity contribution is -0.0512. The number of methoxy groups -OCH3 is 1. The summed E-state index contributed by atoms with van der Waals surface area (Å²) in [6.07, 6.45) is 0.825. The number of hydrogen-bond donors (Lipinski definition) is 1. The van der Waals surface area contributed by atoms with Crippen LogP contribution < -0.4 is 15.2 Å². The summed E-state index contributed by atoms with van der Waals surface area (Å²) in [5, 5.41) is 0. The minimum absolute atomic E-state index is 0.0928. The lowest BCUT2D eigenvalue weighted by atomic mass is 9.90. The van der Waals surface area contributed by atoms with Gasteiger partial charge in [-0.3, -0.25) is 4.79 Å². The minimum atomic E-state index is -2.98. The Bertz CT molecular complexity index is 554. The van der Waals surface area contributed by atoms with Crippen LogP contribution in [0, 0.1) is 5.41 Å². The Balaban J connectivity index is 2.20. The number of benzene rings is 1. The molecule has 1 atom stereocenters. The number of nitrogens with two attached hydrogens (primary N) is 1. The summed E-state index contributed by atoms with van der Waals surface area (Å²) in [5.41, 5.74) is 5.92. The van der Waals surface area contributed by atoms with Crippen molar-refractivity contribution in [3.05, 3.63) is 23.8 Å². The van der Waals surface area contributed by atoms with Gasteiger partial charge in [0, 0.05) is 18.7 Å². The van der Waals surface area contributed by atoms with Crippen molar-refractivity contribution in [3.63, 3.8) is 0 Å². The van der Waals surface area contributed by atoms with Crippen molar-refractivity contribution in [1.82, 2.24) is 4.90 Å². The molecule has 1 aromatic carbocycles. The molecule has 1 heterocycles. The summed E-state index contributed by atoms with van der Waals surface area (Å²) in [5.74, 6) is -0.215. The first-order valence-corrected chi connectivity index (χ1v) is 7.01. The number of alkyl halides is 2. The second kappa shape index (κ2) is 6.48. The van der Waals surface area contributed by atoms with Gasteiger partial charge in [-0.1, -0.05) is 6.92 Å². The SMILES string of the molecule is COc1ccc(C(=O)N2CCC(C)(CN)C2)cc1OC(F)F. The van der Waals surface area contributed by atoms with Crippen LogP contribution in [-0.4, -0.2) is 44.2 Å². The minimum Gasteiger partial charge on any atom is -0.493 e. The third kappa shape index (κ3) is 3.47. The first-order valence-electron chi connectivity index (χ1n) is 7.01. The van der Waals surface area contributed by atoms with Crippen LogP contribution in [0.25, 0.3) is 0 Å². The number of ether oxygens (including phenoxy) is 2. The van der Waals surface area contributed by atoms with Crippen molar-refractivity contribution in [2.75, 3.05) is 26.7 Å². The van der Waals surface area contributed by atoms with E-state index in [9.17, 15) is 13.6 Å². The van der Waals surface area contributed by atoms with E-state index in [-0.39, 0.29) is 28.4 Å². The van der Waals surface area contributed by atoms with Crippen molar-refractivity contribution in [3.8, 4) is 11.5 Å². The number of hydrogen-bond acceptors (Lipinski definition) is 4. The second-order valence-corrected chi connectivity index (χ2v) is 5.74. The molecule has 1 fully saturated rings. The van der Waals surface area contributed by atoms with E-state index in [0.29, 0.717) is 19.6 Å². The van der Waals surface area contributed by atoms with Crippen LogP contribution in [0.15, 0.2) is 18.2 Å². The van der Waals surface area contributed by atoms with Crippen molar-refractivity contribution >= 4 is 5.91 Å². The normalized spacial score (nSPS) is 21.3. The highest BCUT2D eigenvalue weighted by Crippen LogP contribution is 2.32. The van der Waals surface area contributed by atoms with Crippen LogP contribution in [0.3, 0.4) is 0 Å². The molecule has 2 rings (SSSR count). The zero-order valence-electron chi connectivity index (χ0n) is 12.6. The molecule has 1 aliphatic heterocycles. The topological polar surface area (TPSA) is 64.8 Å². The summed E-state index contributed by atoms with van der Waals surface area (Å²) in [7, 11) is 1.35. The van der Waals surface area contributed by atoms with Crippen molar-refractivity contribution in [1.29, 1.82) is 0 Å². The highest BCUT2D eigenvalue weighted by Gasteiger charge is 2.35.